The summed E-state index contributed by atoms with van der Waals surface area (Å²) in [4.78, 5) is 13.0. The van der Waals surface area contributed by atoms with E-state index in [-0.39, 0.29) is 6.41 Å². The molecule has 0 saturated carbocycles. The van der Waals surface area contributed by atoms with Crippen LogP contribution in [0.2, 0.25) is 0 Å². The highest BCUT2D eigenvalue weighted by atomic mass is 16.1. The minimum atomic E-state index is 0.250. The van der Waals surface area contributed by atoms with Gasteiger partial charge >= 0.3 is 0 Å². The molecule has 3 aromatic heterocycles. The van der Waals surface area contributed by atoms with E-state index < -0.39 is 0 Å². The number of carbonyl (C=O) groups is 1. The average Bonchev–Trinajstić information content (AvgIpc) is 3.27. The van der Waals surface area contributed by atoms with E-state index in [4.69, 9.17) is 9.89 Å². The van der Waals surface area contributed by atoms with E-state index in [2.05, 4.69) is 41.9 Å². The molecule has 0 radical (unpaired) electrons. The summed E-state index contributed by atoms with van der Waals surface area (Å²) in [6.45, 7) is 8.22. The minimum Gasteiger partial charge on any atom is -0.373 e. The van der Waals surface area contributed by atoms with Crippen LogP contribution >= 0.6 is 0 Å². The van der Waals surface area contributed by atoms with Crippen LogP contribution in [0.3, 0.4) is 0 Å². The van der Waals surface area contributed by atoms with Crippen molar-refractivity contribution in [2.45, 2.75) is 34.1 Å². The molecule has 0 spiro atoms. The molecule has 0 aliphatic carbocycles. The minimum absolute atomic E-state index is 0.250. The molecule has 30 heavy (non-hydrogen) atoms. The SMILES string of the molecule is CCC.CNc1c(C)c(-c2ccn3nc(C)nc3c2)nn1-c1ccccc1.NC=O. The van der Waals surface area contributed by atoms with E-state index in [0.29, 0.717) is 0 Å². The first-order chi connectivity index (χ1) is 14.5. The third-order valence-corrected chi connectivity index (χ3v) is 4.08. The molecule has 0 bridgehead atoms. The van der Waals surface area contributed by atoms with Crippen LogP contribution in [-0.4, -0.2) is 37.8 Å². The van der Waals surface area contributed by atoms with Gasteiger partial charge in [-0.3, -0.25) is 4.79 Å². The molecule has 0 aliphatic heterocycles. The van der Waals surface area contributed by atoms with E-state index in [1.54, 1.807) is 4.52 Å². The summed E-state index contributed by atoms with van der Waals surface area (Å²) < 4.78 is 3.71. The summed E-state index contributed by atoms with van der Waals surface area (Å²) >= 11 is 0. The Morgan fingerprint density at radius 1 is 1.10 bits per heavy atom. The van der Waals surface area contributed by atoms with Crippen molar-refractivity contribution < 1.29 is 4.79 Å². The predicted molar refractivity (Wildman–Crippen MR) is 121 cm³/mol. The zero-order valence-corrected chi connectivity index (χ0v) is 18.1. The zero-order chi connectivity index (χ0) is 22.1. The summed E-state index contributed by atoms with van der Waals surface area (Å²) in [6, 6.07) is 14.1. The fourth-order valence-corrected chi connectivity index (χ4v) is 2.96. The van der Waals surface area contributed by atoms with Crippen LogP contribution < -0.4 is 11.1 Å². The van der Waals surface area contributed by atoms with Gasteiger partial charge in [-0.05, 0) is 38.1 Å². The van der Waals surface area contributed by atoms with Crippen molar-refractivity contribution in [2.75, 3.05) is 12.4 Å². The predicted octanol–water partition coefficient (Wildman–Crippen LogP) is 3.76. The van der Waals surface area contributed by atoms with Crippen LogP contribution in [0.4, 0.5) is 5.82 Å². The Kier molecular flexibility index (Phi) is 8.10. The number of para-hydroxylation sites is 1. The molecule has 3 N–H and O–H groups in total. The lowest BCUT2D eigenvalue weighted by atomic mass is 10.1. The average molecular weight is 408 g/mol. The fraction of sp³-hybridized carbons (Fsp3) is 0.273. The zero-order valence-electron chi connectivity index (χ0n) is 18.1. The third kappa shape index (κ3) is 5.02. The van der Waals surface area contributed by atoms with Crippen LogP contribution in [0.15, 0.2) is 48.7 Å². The highest BCUT2D eigenvalue weighted by molar-refractivity contribution is 5.72. The molecule has 1 aromatic carbocycles. The van der Waals surface area contributed by atoms with Gasteiger partial charge in [-0.25, -0.2) is 14.2 Å². The first-order valence-corrected chi connectivity index (χ1v) is 9.82. The van der Waals surface area contributed by atoms with E-state index in [1.165, 1.54) is 6.42 Å². The largest absolute Gasteiger partial charge is 0.373 e. The highest BCUT2D eigenvalue weighted by Crippen LogP contribution is 2.30. The Morgan fingerprint density at radius 3 is 2.33 bits per heavy atom. The second kappa shape index (κ2) is 10.8. The number of pyridine rings is 1. The normalized spacial score (nSPS) is 9.90. The molecule has 0 fully saturated rings. The Hall–Kier alpha value is -3.68. The number of aromatic nitrogens is 5. The molecule has 0 aliphatic rings. The number of primary amides is 1. The van der Waals surface area contributed by atoms with E-state index in [1.807, 2.05) is 67.3 Å². The maximum atomic E-state index is 8.58. The maximum absolute atomic E-state index is 8.58. The van der Waals surface area contributed by atoms with Crippen LogP contribution in [0.1, 0.15) is 31.7 Å². The number of nitrogens with zero attached hydrogens (tertiary/aromatic N) is 5. The first-order valence-electron chi connectivity index (χ1n) is 9.82. The van der Waals surface area contributed by atoms with Crippen LogP contribution in [0, 0.1) is 13.8 Å². The molecule has 0 unspecified atom stereocenters. The topological polar surface area (TPSA) is 103 Å². The van der Waals surface area contributed by atoms with Crippen LogP contribution in [0.25, 0.3) is 22.6 Å². The smallest absolute Gasteiger partial charge is 0.204 e. The van der Waals surface area contributed by atoms with Crippen LogP contribution in [0.5, 0.6) is 0 Å². The lowest BCUT2D eigenvalue weighted by Crippen LogP contribution is -2.02. The van der Waals surface area contributed by atoms with Gasteiger partial charge in [0.25, 0.3) is 0 Å². The fourth-order valence-electron chi connectivity index (χ4n) is 2.96. The third-order valence-electron chi connectivity index (χ3n) is 4.08. The van der Waals surface area contributed by atoms with E-state index in [9.17, 15) is 0 Å². The molecule has 8 heteroatoms. The summed E-state index contributed by atoms with van der Waals surface area (Å²) in [5.74, 6) is 1.74. The molecule has 1 amide bonds. The number of amides is 1. The molecule has 4 aromatic rings. The number of aryl methyl sites for hydroxylation is 1. The number of nitrogens with two attached hydrogens (primary N) is 1. The molecule has 0 saturated heterocycles. The lowest BCUT2D eigenvalue weighted by Gasteiger charge is -2.06. The first kappa shape index (κ1) is 22.6. The second-order valence-corrected chi connectivity index (χ2v) is 6.54. The highest BCUT2D eigenvalue weighted by Gasteiger charge is 2.16. The molecular weight excluding hydrogens is 378 g/mol. The maximum Gasteiger partial charge on any atom is 0.204 e. The Balaban J connectivity index is 0.000000480. The summed E-state index contributed by atoms with van der Waals surface area (Å²) in [5, 5.41) is 12.4. The van der Waals surface area contributed by atoms with Crippen molar-refractivity contribution in [1.29, 1.82) is 0 Å². The van der Waals surface area contributed by atoms with Gasteiger partial charge in [0.05, 0.1) is 11.4 Å². The van der Waals surface area contributed by atoms with Gasteiger partial charge in [0.15, 0.2) is 5.65 Å². The van der Waals surface area contributed by atoms with Gasteiger partial charge in [-0.1, -0.05) is 38.5 Å². The number of benzene rings is 1. The van der Waals surface area contributed by atoms with Crippen molar-refractivity contribution in [2.24, 2.45) is 5.73 Å². The van der Waals surface area contributed by atoms with Crippen molar-refractivity contribution >= 4 is 17.9 Å². The number of anilines is 1. The standard InChI is InChI=1S/C18H18N6.C3H8.CH3NO/c1-12-17(14-9-10-23-16(11-14)20-13(2)21-23)22-24(18(12)19-3)15-7-5-4-6-8-15;1-3-2;2-1-3/h4-11,19H,1-3H3;3H2,1-2H3;1H,(H2,2,3). The summed E-state index contributed by atoms with van der Waals surface area (Å²) in [5.41, 5.74) is 9.08. The summed E-state index contributed by atoms with van der Waals surface area (Å²) in [6.07, 6.45) is 3.42. The van der Waals surface area contributed by atoms with Crippen molar-refractivity contribution in [3.05, 3.63) is 60.0 Å². The lowest BCUT2D eigenvalue weighted by molar-refractivity contribution is -0.106. The van der Waals surface area contributed by atoms with Crippen LogP contribution in [-0.2, 0) is 4.79 Å². The number of hydrogen-bond donors (Lipinski definition) is 2. The molecule has 3 heterocycles. The van der Waals surface area contributed by atoms with Gasteiger partial charge in [0.1, 0.15) is 11.6 Å². The molecule has 0 atom stereocenters. The number of hydrogen-bond acceptors (Lipinski definition) is 5. The number of rotatable bonds is 3. The van der Waals surface area contributed by atoms with E-state index in [0.717, 1.165) is 39.8 Å². The van der Waals surface area contributed by atoms with Crippen molar-refractivity contribution in [3.8, 4) is 16.9 Å². The Bertz CT molecular complexity index is 1080. The quantitative estimate of drug-likeness (QED) is 0.503. The second-order valence-electron chi connectivity index (χ2n) is 6.54. The van der Waals surface area contributed by atoms with Gasteiger partial charge in [0, 0.05) is 24.4 Å². The van der Waals surface area contributed by atoms with E-state index >= 15 is 0 Å². The van der Waals surface area contributed by atoms with Gasteiger partial charge in [0.2, 0.25) is 6.41 Å². The monoisotopic (exact) mass is 407 g/mol. The number of carbonyl (C=O) groups excluding carboxylic acids is 1. The Morgan fingerprint density at radius 2 is 1.73 bits per heavy atom. The van der Waals surface area contributed by atoms with Gasteiger partial charge < -0.3 is 11.1 Å². The molecule has 4 rings (SSSR count). The van der Waals surface area contributed by atoms with Crippen molar-refractivity contribution in [1.82, 2.24) is 24.4 Å². The number of fused-ring (bicyclic) bond motifs is 1. The molecular formula is C22H29N7O. The molecule has 158 valence electrons. The van der Waals surface area contributed by atoms with Crippen molar-refractivity contribution in [3.63, 3.8) is 0 Å². The molecule has 8 nitrogen and oxygen atoms in total. The Labute approximate surface area is 176 Å². The van der Waals surface area contributed by atoms with Gasteiger partial charge in [-0.15, -0.1) is 0 Å². The summed E-state index contributed by atoms with van der Waals surface area (Å²) in [7, 11) is 1.91. The van der Waals surface area contributed by atoms with Gasteiger partial charge in [-0.2, -0.15) is 10.2 Å². The number of nitrogens with one attached hydrogen (secondary N) is 1.